The summed E-state index contributed by atoms with van der Waals surface area (Å²) in [6, 6.07) is 2.77. The quantitative estimate of drug-likeness (QED) is 0.765. The molecule has 4 heteroatoms. The highest BCUT2D eigenvalue weighted by molar-refractivity contribution is 6.74. The van der Waals surface area contributed by atoms with Crippen molar-refractivity contribution in [3.63, 3.8) is 0 Å². The summed E-state index contributed by atoms with van der Waals surface area (Å²) in [7, 11) is -1.60. The third-order valence-corrected chi connectivity index (χ3v) is 9.87. The molecule has 2 aliphatic carbocycles. The first-order valence-corrected chi connectivity index (χ1v) is 10.9. The lowest BCUT2D eigenvalue weighted by Gasteiger charge is -2.44. The molecule has 20 heavy (non-hydrogen) atoms. The Bertz CT molecular complexity index is 479. The van der Waals surface area contributed by atoms with Gasteiger partial charge in [0.05, 0.1) is 11.7 Å². The van der Waals surface area contributed by atoms with Gasteiger partial charge in [-0.3, -0.25) is 4.68 Å². The monoisotopic (exact) mass is 292 g/mol. The minimum absolute atomic E-state index is 0.308. The van der Waals surface area contributed by atoms with Crippen LogP contribution in [0.15, 0.2) is 12.3 Å². The van der Waals surface area contributed by atoms with Gasteiger partial charge in [-0.2, -0.15) is 5.10 Å². The molecule has 3 rings (SSSR count). The van der Waals surface area contributed by atoms with E-state index in [-0.39, 0.29) is 0 Å². The fraction of sp³-hybridized carbons (Fsp3) is 0.812. The molecule has 3 nitrogen and oxygen atoms in total. The Kier molecular flexibility index (Phi) is 3.37. The van der Waals surface area contributed by atoms with E-state index in [0.717, 1.165) is 18.8 Å². The summed E-state index contributed by atoms with van der Waals surface area (Å²) in [5, 5.41) is 5.05. The van der Waals surface area contributed by atoms with Gasteiger partial charge in [-0.25, -0.2) is 0 Å². The molecule has 0 unspecified atom stereocenters. The second-order valence-corrected chi connectivity index (χ2v) is 12.9. The summed E-state index contributed by atoms with van der Waals surface area (Å²) in [6.45, 7) is 11.6. The van der Waals surface area contributed by atoms with Crippen LogP contribution in [-0.4, -0.2) is 24.2 Å². The highest BCUT2D eigenvalue weighted by atomic mass is 28.4. The molecule has 2 aliphatic rings. The van der Waals surface area contributed by atoms with Crippen molar-refractivity contribution in [3.05, 3.63) is 18.0 Å². The van der Waals surface area contributed by atoms with E-state index >= 15 is 0 Å². The van der Waals surface area contributed by atoms with Crippen LogP contribution >= 0.6 is 0 Å². The third kappa shape index (κ3) is 2.73. The molecular weight excluding hydrogens is 264 g/mol. The largest absolute Gasteiger partial charge is 0.414 e. The zero-order chi connectivity index (χ0) is 14.5. The zero-order valence-electron chi connectivity index (χ0n) is 13.5. The van der Waals surface area contributed by atoms with Crippen LogP contribution in [0, 0.1) is 0 Å². The van der Waals surface area contributed by atoms with E-state index < -0.39 is 8.32 Å². The highest BCUT2D eigenvalue weighted by Crippen LogP contribution is 2.43. The molecular formula is C16H28N2OSi. The van der Waals surface area contributed by atoms with Gasteiger partial charge in [-0.15, -0.1) is 0 Å². The maximum Gasteiger partial charge on any atom is 0.192 e. The molecule has 0 amide bonds. The SMILES string of the molecule is CC(C)(C)[Si](C)(C)OC1CC(n2ccc(C3CC3)n2)C1. The zero-order valence-corrected chi connectivity index (χ0v) is 14.5. The van der Waals surface area contributed by atoms with E-state index in [1.54, 1.807) is 0 Å². The van der Waals surface area contributed by atoms with Gasteiger partial charge in [-0.1, -0.05) is 20.8 Å². The topological polar surface area (TPSA) is 27.1 Å². The van der Waals surface area contributed by atoms with Gasteiger partial charge in [0.15, 0.2) is 8.32 Å². The fourth-order valence-corrected chi connectivity index (χ4v) is 3.98. The lowest BCUT2D eigenvalue weighted by molar-refractivity contribution is 0.0525. The van der Waals surface area contributed by atoms with Crippen LogP contribution in [0.3, 0.4) is 0 Å². The van der Waals surface area contributed by atoms with Crippen LogP contribution in [0.5, 0.6) is 0 Å². The van der Waals surface area contributed by atoms with Gasteiger partial charge < -0.3 is 4.43 Å². The number of hydrogen-bond donors (Lipinski definition) is 0. The highest BCUT2D eigenvalue weighted by Gasteiger charge is 2.43. The molecule has 0 radical (unpaired) electrons. The predicted octanol–water partition coefficient (Wildman–Crippen LogP) is 4.49. The average Bonchev–Trinajstić information content (AvgIpc) is 3.01. The number of nitrogens with zero attached hydrogens (tertiary/aromatic N) is 2. The molecule has 1 aromatic rings. The van der Waals surface area contributed by atoms with Crippen LogP contribution in [0.4, 0.5) is 0 Å². The summed E-state index contributed by atoms with van der Waals surface area (Å²) >= 11 is 0. The molecule has 0 saturated heterocycles. The predicted molar refractivity (Wildman–Crippen MR) is 84.5 cm³/mol. The summed E-state index contributed by atoms with van der Waals surface area (Å²) in [5.41, 5.74) is 1.30. The Hall–Kier alpha value is -0.613. The molecule has 2 saturated carbocycles. The first kappa shape index (κ1) is 14.3. The van der Waals surface area contributed by atoms with Crippen LogP contribution in [-0.2, 0) is 4.43 Å². The average molecular weight is 292 g/mol. The Morgan fingerprint density at radius 3 is 2.45 bits per heavy atom. The van der Waals surface area contributed by atoms with Gasteiger partial charge in [0.2, 0.25) is 0 Å². The van der Waals surface area contributed by atoms with Crippen LogP contribution in [0.1, 0.15) is 64.1 Å². The summed E-state index contributed by atoms with van der Waals surface area (Å²) in [5.74, 6) is 0.760. The van der Waals surface area contributed by atoms with Crippen molar-refractivity contribution in [1.29, 1.82) is 0 Å². The minimum Gasteiger partial charge on any atom is -0.414 e. The molecule has 0 N–H and O–H groups in total. The normalized spacial score (nSPS) is 27.4. The maximum atomic E-state index is 6.45. The summed E-state index contributed by atoms with van der Waals surface area (Å²) in [4.78, 5) is 0. The van der Waals surface area contributed by atoms with Crippen molar-refractivity contribution >= 4 is 8.32 Å². The van der Waals surface area contributed by atoms with Gasteiger partial charge in [-0.05, 0) is 49.9 Å². The lowest BCUT2D eigenvalue weighted by Crippen LogP contribution is -2.47. The van der Waals surface area contributed by atoms with E-state index in [0.29, 0.717) is 17.2 Å². The second kappa shape index (κ2) is 4.70. The molecule has 0 atom stereocenters. The van der Waals surface area contributed by atoms with Crippen molar-refractivity contribution in [2.45, 2.75) is 82.7 Å². The Morgan fingerprint density at radius 1 is 1.25 bits per heavy atom. The van der Waals surface area contributed by atoms with Crippen molar-refractivity contribution in [3.8, 4) is 0 Å². The molecule has 0 aliphatic heterocycles. The van der Waals surface area contributed by atoms with E-state index in [1.165, 1.54) is 18.5 Å². The molecule has 1 heterocycles. The van der Waals surface area contributed by atoms with E-state index in [4.69, 9.17) is 9.52 Å². The Balaban J connectivity index is 1.53. The molecule has 0 bridgehead atoms. The smallest absolute Gasteiger partial charge is 0.192 e. The van der Waals surface area contributed by atoms with Crippen LogP contribution in [0.2, 0.25) is 18.1 Å². The lowest BCUT2D eigenvalue weighted by atomic mass is 9.90. The molecule has 1 aromatic heterocycles. The van der Waals surface area contributed by atoms with Crippen molar-refractivity contribution < 1.29 is 4.43 Å². The van der Waals surface area contributed by atoms with Crippen molar-refractivity contribution in [1.82, 2.24) is 9.78 Å². The van der Waals surface area contributed by atoms with Gasteiger partial charge in [0.25, 0.3) is 0 Å². The standard InChI is InChI=1S/C16H28N2OSi/c1-16(2,3)20(4,5)19-14-10-13(11-14)18-9-8-15(17-18)12-6-7-12/h8-9,12-14H,6-7,10-11H2,1-5H3. The van der Waals surface area contributed by atoms with E-state index in [1.807, 2.05) is 0 Å². The first-order valence-electron chi connectivity index (χ1n) is 7.99. The number of hydrogen-bond acceptors (Lipinski definition) is 2. The third-order valence-electron chi connectivity index (χ3n) is 5.34. The van der Waals surface area contributed by atoms with Crippen molar-refractivity contribution in [2.75, 3.05) is 0 Å². The summed E-state index contributed by atoms with van der Waals surface area (Å²) in [6.07, 6.45) is 7.56. The molecule has 2 fully saturated rings. The molecule has 0 spiro atoms. The summed E-state index contributed by atoms with van der Waals surface area (Å²) < 4.78 is 8.63. The number of aromatic nitrogens is 2. The van der Waals surface area contributed by atoms with Crippen LogP contribution < -0.4 is 0 Å². The van der Waals surface area contributed by atoms with Gasteiger partial charge in [0, 0.05) is 18.2 Å². The Morgan fingerprint density at radius 2 is 1.90 bits per heavy atom. The molecule has 112 valence electrons. The van der Waals surface area contributed by atoms with Gasteiger partial charge in [0.1, 0.15) is 0 Å². The van der Waals surface area contributed by atoms with Gasteiger partial charge >= 0.3 is 0 Å². The van der Waals surface area contributed by atoms with Crippen LogP contribution in [0.25, 0.3) is 0 Å². The molecule has 0 aromatic carbocycles. The second-order valence-electron chi connectivity index (χ2n) is 8.12. The minimum atomic E-state index is -1.60. The fourth-order valence-electron chi connectivity index (χ4n) is 2.60. The Labute approximate surface area is 123 Å². The first-order chi connectivity index (χ1) is 9.26. The van der Waals surface area contributed by atoms with Crippen molar-refractivity contribution in [2.24, 2.45) is 0 Å². The van der Waals surface area contributed by atoms with E-state index in [2.05, 4.69) is 50.8 Å². The number of rotatable bonds is 4. The maximum absolute atomic E-state index is 6.45. The van der Waals surface area contributed by atoms with E-state index in [9.17, 15) is 0 Å².